The SMILES string of the molecule is CCN(CC)C(=O)c1cccc(NC(=O)C(C)(C)CCl)c1. The van der Waals surface area contributed by atoms with E-state index >= 15 is 0 Å². The Labute approximate surface area is 131 Å². The summed E-state index contributed by atoms with van der Waals surface area (Å²) < 4.78 is 0. The second-order valence-corrected chi connectivity index (χ2v) is 5.80. The van der Waals surface area contributed by atoms with E-state index in [-0.39, 0.29) is 17.7 Å². The van der Waals surface area contributed by atoms with Crippen molar-refractivity contribution in [1.82, 2.24) is 4.90 Å². The van der Waals surface area contributed by atoms with Crippen LogP contribution in [0, 0.1) is 5.41 Å². The maximum absolute atomic E-state index is 12.3. The van der Waals surface area contributed by atoms with Gasteiger partial charge in [-0.25, -0.2) is 0 Å². The van der Waals surface area contributed by atoms with Crippen molar-refractivity contribution in [3.63, 3.8) is 0 Å². The zero-order chi connectivity index (χ0) is 16.0. The molecule has 1 aromatic rings. The quantitative estimate of drug-likeness (QED) is 0.819. The second-order valence-electron chi connectivity index (χ2n) is 5.53. The lowest BCUT2D eigenvalue weighted by atomic mass is 9.95. The van der Waals surface area contributed by atoms with Crippen LogP contribution in [0.15, 0.2) is 24.3 Å². The van der Waals surface area contributed by atoms with Crippen molar-refractivity contribution in [1.29, 1.82) is 0 Å². The zero-order valence-electron chi connectivity index (χ0n) is 13.1. The van der Waals surface area contributed by atoms with Gasteiger partial charge in [0.15, 0.2) is 0 Å². The highest BCUT2D eigenvalue weighted by Crippen LogP contribution is 2.21. The standard InChI is InChI=1S/C16H23ClN2O2/c1-5-19(6-2)14(20)12-8-7-9-13(10-12)18-15(21)16(3,4)11-17/h7-10H,5-6,11H2,1-4H3,(H,18,21). The molecule has 5 heteroatoms. The summed E-state index contributed by atoms with van der Waals surface area (Å²) >= 11 is 5.79. The van der Waals surface area contributed by atoms with Crippen molar-refractivity contribution >= 4 is 29.1 Å². The topological polar surface area (TPSA) is 49.4 Å². The number of hydrogen-bond acceptors (Lipinski definition) is 2. The third-order valence-electron chi connectivity index (χ3n) is 3.37. The van der Waals surface area contributed by atoms with Crippen LogP contribution in [0.2, 0.25) is 0 Å². The van der Waals surface area contributed by atoms with Gasteiger partial charge < -0.3 is 10.2 Å². The molecule has 1 aromatic carbocycles. The molecule has 116 valence electrons. The van der Waals surface area contributed by atoms with Crippen molar-refractivity contribution in [2.45, 2.75) is 27.7 Å². The molecule has 0 spiro atoms. The van der Waals surface area contributed by atoms with Crippen molar-refractivity contribution < 1.29 is 9.59 Å². The van der Waals surface area contributed by atoms with Crippen LogP contribution in [0.1, 0.15) is 38.1 Å². The molecule has 2 amide bonds. The Morgan fingerprint density at radius 1 is 1.24 bits per heavy atom. The van der Waals surface area contributed by atoms with Gasteiger partial charge in [0.1, 0.15) is 0 Å². The Hall–Kier alpha value is -1.55. The molecule has 0 aliphatic heterocycles. The normalized spacial score (nSPS) is 11.1. The Bertz CT molecular complexity index is 511. The lowest BCUT2D eigenvalue weighted by Crippen LogP contribution is -2.32. The fourth-order valence-corrected chi connectivity index (χ4v) is 1.91. The lowest BCUT2D eigenvalue weighted by Gasteiger charge is -2.21. The molecule has 0 radical (unpaired) electrons. The van der Waals surface area contributed by atoms with Crippen LogP contribution in [0.3, 0.4) is 0 Å². The van der Waals surface area contributed by atoms with E-state index in [0.29, 0.717) is 24.3 Å². The Balaban J connectivity index is 2.91. The largest absolute Gasteiger partial charge is 0.339 e. The molecule has 1 N–H and O–H groups in total. The molecule has 0 bridgehead atoms. The van der Waals surface area contributed by atoms with Crippen LogP contribution < -0.4 is 5.32 Å². The van der Waals surface area contributed by atoms with E-state index < -0.39 is 5.41 Å². The number of rotatable bonds is 6. The fourth-order valence-electron chi connectivity index (χ4n) is 1.78. The molecule has 0 fully saturated rings. The number of halogens is 1. The van der Waals surface area contributed by atoms with E-state index in [2.05, 4.69) is 5.32 Å². The molecular weight excluding hydrogens is 288 g/mol. The molecule has 0 heterocycles. The van der Waals surface area contributed by atoms with Crippen LogP contribution >= 0.6 is 11.6 Å². The number of benzene rings is 1. The zero-order valence-corrected chi connectivity index (χ0v) is 13.8. The second kappa shape index (κ2) is 7.46. The molecule has 0 atom stereocenters. The summed E-state index contributed by atoms with van der Waals surface area (Å²) in [6, 6.07) is 6.98. The third kappa shape index (κ3) is 4.46. The number of anilines is 1. The van der Waals surface area contributed by atoms with Gasteiger partial charge in [-0.2, -0.15) is 0 Å². The van der Waals surface area contributed by atoms with Gasteiger partial charge >= 0.3 is 0 Å². The number of alkyl halides is 1. The fraction of sp³-hybridized carbons (Fsp3) is 0.500. The Kier molecular flexibility index (Phi) is 6.21. The van der Waals surface area contributed by atoms with Gasteiger partial charge in [0, 0.05) is 30.2 Å². The number of amides is 2. The first-order valence-electron chi connectivity index (χ1n) is 7.12. The van der Waals surface area contributed by atoms with Crippen molar-refractivity contribution in [2.75, 3.05) is 24.3 Å². The molecule has 0 aliphatic rings. The van der Waals surface area contributed by atoms with Crippen LogP contribution in [-0.4, -0.2) is 35.7 Å². The highest BCUT2D eigenvalue weighted by Gasteiger charge is 2.26. The molecule has 0 aromatic heterocycles. The maximum Gasteiger partial charge on any atom is 0.253 e. The number of nitrogens with one attached hydrogen (secondary N) is 1. The van der Waals surface area contributed by atoms with E-state index in [4.69, 9.17) is 11.6 Å². The molecule has 0 aliphatic carbocycles. The van der Waals surface area contributed by atoms with Gasteiger partial charge in [0.25, 0.3) is 5.91 Å². The lowest BCUT2D eigenvalue weighted by molar-refractivity contribution is -0.122. The first-order valence-corrected chi connectivity index (χ1v) is 7.66. The summed E-state index contributed by atoms with van der Waals surface area (Å²) in [5.41, 5.74) is 0.525. The molecule has 0 unspecified atom stereocenters. The van der Waals surface area contributed by atoms with Gasteiger partial charge in [0.05, 0.1) is 5.41 Å². The van der Waals surface area contributed by atoms with Gasteiger partial charge in [-0.05, 0) is 45.9 Å². The van der Waals surface area contributed by atoms with Crippen molar-refractivity contribution in [3.05, 3.63) is 29.8 Å². The first-order chi connectivity index (χ1) is 9.85. The molecule has 0 saturated carbocycles. The third-order valence-corrected chi connectivity index (χ3v) is 4.03. The number of nitrogens with zero attached hydrogens (tertiary/aromatic N) is 1. The minimum atomic E-state index is -0.652. The summed E-state index contributed by atoms with van der Waals surface area (Å²) in [6.07, 6.45) is 0. The highest BCUT2D eigenvalue weighted by atomic mass is 35.5. The molecule has 21 heavy (non-hydrogen) atoms. The average molecular weight is 311 g/mol. The average Bonchev–Trinajstić information content (AvgIpc) is 2.48. The van der Waals surface area contributed by atoms with Gasteiger partial charge in [-0.3, -0.25) is 9.59 Å². The van der Waals surface area contributed by atoms with E-state index in [1.165, 1.54) is 0 Å². The van der Waals surface area contributed by atoms with E-state index in [1.54, 1.807) is 43.0 Å². The number of carbonyl (C=O) groups is 2. The van der Waals surface area contributed by atoms with E-state index in [1.807, 2.05) is 13.8 Å². The number of hydrogen-bond donors (Lipinski definition) is 1. The minimum Gasteiger partial charge on any atom is -0.339 e. The maximum atomic E-state index is 12.3. The molecule has 0 saturated heterocycles. The molecule has 1 rings (SSSR count). The van der Waals surface area contributed by atoms with Crippen LogP contribution in [0.5, 0.6) is 0 Å². The summed E-state index contributed by atoms with van der Waals surface area (Å²) in [5.74, 6) is 0.0364. The van der Waals surface area contributed by atoms with Crippen molar-refractivity contribution in [2.24, 2.45) is 5.41 Å². The van der Waals surface area contributed by atoms with Crippen LogP contribution in [0.4, 0.5) is 5.69 Å². The van der Waals surface area contributed by atoms with Crippen molar-refractivity contribution in [3.8, 4) is 0 Å². The van der Waals surface area contributed by atoms with Crippen LogP contribution in [0.25, 0.3) is 0 Å². The summed E-state index contributed by atoms with van der Waals surface area (Å²) in [7, 11) is 0. The molecule has 4 nitrogen and oxygen atoms in total. The summed E-state index contributed by atoms with van der Waals surface area (Å²) in [5, 5.41) is 2.81. The van der Waals surface area contributed by atoms with Crippen LogP contribution in [-0.2, 0) is 4.79 Å². The Morgan fingerprint density at radius 2 is 1.86 bits per heavy atom. The highest BCUT2D eigenvalue weighted by molar-refractivity contribution is 6.20. The first kappa shape index (κ1) is 17.5. The summed E-state index contributed by atoms with van der Waals surface area (Å²) in [4.78, 5) is 26.1. The monoisotopic (exact) mass is 310 g/mol. The van der Waals surface area contributed by atoms with Gasteiger partial charge in [-0.1, -0.05) is 6.07 Å². The predicted molar refractivity (Wildman–Crippen MR) is 86.8 cm³/mol. The minimum absolute atomic E-state index is 0.0345. The van der Waals surface area contributed by atoms with E-state index in [9.17, 15) is 9.59 Å². The predicted octanol–water partition coefficient (Wildman–Crippen LogP) is 3.37. The summed E-state index contributed by atoms with van der Waals surface area (Å²) in [6.45, 7) is 8.75. The van der Waals surface area contributed by atoms with Gasteiger partial charge in [-0.15, -0.1) is 11.6 Å². The van der Waals surface area contributed by atoms with Gasteiger partial charge in [0.2, 0.25) is 5.91 Å². The van der Waals surface area contributed by atoms with E-state index in [0.717, 1.165) is 0 Å². The smallest absolute Gasteiger partial charge is 0.253 e. The Morgan fingerprint density at radius 3 is 2.38 bits per heavy atom. The molecular formula is C16H23ClN2O2. The number of carbonyl (C=O) groups excluding carboxylic acids is 2.